The van der Waals surface area contributed by atoms with Crippen LogP contribution in [0.25, 0.3) is 10.2 Å². The van der Waals surface area contributed by atoms with E-state index in [0.717, 1.165) is 55.7 Å². The van der Waals surface area contributed by atoms with E-state index in [-0.39, 0.29) is 16.9 Å². The molecule has 0 saturated carbocycles. The van der Waals surface area contributed by atoms with Crippen molar-refractivity contribution in [2.45, 2.75) is 66.7 Å². The van der Waals surface area contributed by atoms with Gasteiger partial charge in [-0.15, -0.1) is 11.3 Å². The number of benzene rings is 1. The molecule has 1 atom stereocenters. The minimum atomic E-state index is -0.0451. The second-order valence-corrected chi connectivity index (χ2v) is 12.7. The number of thiophene rings is 1. The number of amides is 1. The fraction of sp³-hybridized carbons (Fsp3) is 0.552. The van der Waals surface area contributed by atoms with Gasteiger partial charge in [-0.05, 0) is 67.2 Å². The highest BCUT2D eigenvalue weighted by Crippen LogP contribution is 2.42. The first kappa shape index (κ1) is 25.0. The van der Waals surface area contributed by atoms with Crippen molar-refractivity contribution in [2.24, 2.45) is 11.3 Å². The number of hydrogen-bond acceptors (Lipinski definition) is 5. The number of aromatic amines is 1. The van der Waals surface area contributed by atoms with Crippen LogP contribution >= 0.6 is 11.3 Å². The quantitative estimate of drug-likeness (QED) is 0.539. The summed E-state index contributed by atoms with van der Waals surface area (Å²) >= 11 is 1.68. The molecule has 3 aromatic rings. The van der Waals surface area contributed by atoms with Crippen LogP contribution in [0.1, 0.15) is 61.0 Å². The molecule has 6 nitrogen and oxygen atoms in total. The van der Waals surface area contributed by atoms with E-state index in [1.54, 1.807) is 11.3 Å². The number of carbonyl (C=O) groups is 1. The summed E-state index contributed by atoms with van der Waals surface area (Å²) in [6.07, 6.45) is 3.94. The number of H-pyrrole nitrogens is 1. The molecule has 36 heavy (non-hydrogen) atoms. The Hall–Kier alpha value is -2.67. The molecular formula is C29H38N4O2S. The van der Waals surface area contributed by atoms with E-state index in [0.29, 0.717) is 24.6 Å². The molecule has 1 aliphatic heterocycles. The van der Waals surface area contributed by atoms with E-state index in [2.05, 4.69) is 62.7 Å². The van der Waals surface area contributed by atoms with E-state index in [1.165, 1.54) is 27.3 Å². The van der Waals surface area contributed by atoms with E-state index in [9.17, 15) is 9.59 Å². The van der Waals surface area contributed by atoms with Crippen LogP contribution in [0, 0.1) is 25.2 Å². The van der Waals surface area contributed by atoms with Crippen molar-refractivity contribution in [1.82, 2.24) is 14.9 Å². The maximum atomic E-state index is 13.0. The smallest absolute Gasteiger partial charge is 0.259 e. The highest BCUT2D eigenvalue weighted by Gasteiger charge is 2.31. The van der Waals surface area contributed by atoms with Crippen LogP contribution in [0.3, 0.4) is 0 Å². The molecular weight excluding hydrogens is 468 g/mol. The number of nitrogens with zero attached hydrogens (tertiary/aromatic N) is 3. The fourth-order valence-corrected chi connectivity index (χ4v) is 7.06. The zero-order chi connectivity index (χ0) is 25.6. The summed E-state index contributed by atoms with van der Waals surface area (Å²) in [5, 5.41) is 0.778. The molecule has 1 amide bonds. The molecule has 5 rings (SSSR count). The van der Waals surface area contributed by atoms with Gasteiger partial charge in [-0.2, -0.15) is 0 Å². The topological polar surface area (TPSA) is 69.3 Å². The summed E-state index contributed by atoms with van der Waals surface area (Å²) in [6, 6.07) is 6.42. The number of carbonyl (C=O) groups excluding carboxylic acids is 1. The standard InChI is InChI=1S/C29H38N4O2S/c1-18-7-6-8-22(19(18)2)32-13-15-33(16-14-32)25(34)12-11-24-30-27(35)26-21-10-9-20(29(3,4)5)17-23(21)36-28(26)31-24/h6-8,20H,9-17H2,1-5H3,(H,30,31,35). The first-order chi connectivity index (χ1) is 17.1. The first-order valence-corrected chi connectivity index (χ1v) is 14.1. The Balaban J connectivity index is 1.22. The molecule has 1 fully saturated rings. The normalized spacial score (nSPS) is 18.5. The summed E-state index contributed by atoms with van der Waals surface area (Å²) in [5.41, 5.74) is 5.30. The minimum Gasteiger partial charge on any atom is -0.368 e. The molecule has 0 spiro atoms. The lowest BCUT2D eigenvalue weighted by atomic mass is 9.72. The van der Waals surface area contributed by atoms with Crippen LogP contribution in [0.2, 0.25) is 0 Å². The summed E-state index contributed by atoms with van der Waals surface area (Å²) < 4.78 is 0. The number of aryl methyl sites for hydroxylation is 3. The van der Waals surface area contributed by atoms with E-state index >= 15 is 0 Å². The highest BCUT2D eigenvalue weighted by atomic mass is 32.1. The number of hydrogen-bond donors (Lipinski definition) is 1. The van der Waals surface area contributed by atoms with Gasteiger partial charge < -0.3 is 14.8 Å². The van der Waals surface area contributed by atoms with Crippen molar-refractivity contribution in [3.63, 3.8) is 0 Å². The van der Waals surface area contributed by atoms with Crippen LogP contribution in [0.15, 0.2) is 23.0 Å². The van der Waals surface area contributed by atoms with Gasteiger partial charge in [0.25, 0.3) is 5.56 Å². The molecule has 192 valence electrons. The Morgan fingerprint density at radius 2 is 1.92 bits per heavy atom. The molecule has 3 heterocycles. The van der Waals surface area contributed by atoms with Gasteiger partial charge in [-0.3, -0.25) is 9.59 Å². The molecule has 1 aliphatic carbocycles. The number of piperazine rings is 1. The van der Waals surface area contributed by atoms with Gasteiger partial charge in [-0.25, -0.2) is 4.98 Å². The molecule has 1 aromatic carbocycles. The molecule has 1 saturated heterocycles. The maximum absolute atomic E-state index is 13.0. The predicted octanol–water partition coefficient (Wildman–Crippen LogP) is 5.03. The molecule has 7 heteroatoms. The zero-order valence-electron chi connectivity index (χ0n) is 22.2. The summed E-state index contributed by atoms with van der Waals surface area (Å²) in [6.45, 7) is 14.4. The van der Waals surface area contributed by atoms with Crippen molar-refractivity contribution in [3.8, 4) is 0 Å². The van der Waals surface area contributed by atoms with Crippen LogP contribution in [-0.2, 0) is 24.1 Å². The molecule has 1 unspecified atom stereocenters. The maximum Gasteiger partial charge on any atom is 0.259 e. The second kappa shape index (κ2) is 9.66. The molecule has 1 N–H and O–H groups in total. The SMILES string of the molecule is Cc1cccc(N2CCN(C(=O)CCc3nc4sc5c(c4c(=O)[nH]3)CCC(C(C)(C)C)C5)CC2)c1C. The Kier molecular flexibility index (Phi) is 6.70. The van der Waals surface area contributed by atoms with Crippen molar-refractivity contribution >= 4 is 33.1 Å². The molecule has 0 bridgehead atoms. The van der Waals surface area contributed by atoms with Gasteiger partial charge in [-0.1, -0.05) is 32.9 Å². The van der Waals surface area contributed by atoms with Crippen LogP contribution < -0.4 is 10.5 Å². The monoisotopic (exact) mass is 506 g/mol. The number of fused-ring (bicyclic) bond motifs is 3. The van der Waals surface area contributed by atoms with Crippen molar-refractivity contribution < 1.29 is 4.79 Å². The summed E-state index contributed by atoms with van der Waals surface area (Å²) in [7, 11) is 0. The van der Waals surface area contributed by atoms with E-state index in [4.69, 9.17) is 4.98 Å². The largest absolute Gasteiger partial charge is 0.368 e. The van der Waals surface area contributed by atoms with Crippen molar-refractivity contribution in [3.05, 3.63) is 55.9 Å². The third-order valence-corrected chi connectivity index (χ3v) is 9.47. The zero-order valence-corrected chi connectivity index (χ0v) is 23.1. The third-order valence-electron chi connectivity index (χ3n) is 8.32. The number of nitrogens with one attached hydrogen (secondary N) is 1. The Morgan fingerprint density at radius 3 is 2.64 bits per heavy atom. The van der Waals surface area contributed by atoms with Gasteiger partial charge in [0.1, 0.15) is 10.7 Å². The van der Waals surface area contributed by atoms with E-state index in [1.807, 2.05) is 4.90 Å². The number of anilines is 1. The predicted molar refractivity (Wildman–Crippen MR) is 148 cm³/mol. The Bertz CT molecular complexity index is 1340. The molecule has 0 radical (unpaired) electrons. The third kappa shape index (κ3) is 4.82. The summed E-state index contributed by atoms with van der Waals surface area (Å²) in [4.78, 5) is 40.2. The molecule has 2 aromatic heterocycles. The average Bonchev–Trinajstić information content (AvgIpc) is 3.22. The highest BCUT2D eigenvalue weighted by molar-refractivity contribution is 7.18. The van der Waals surface area contributed by atoms with Gasteiger partial charge in [0.05, 0.1) is 5.39 Å². The fourth-order valence-electron chi connectivity index (χ4n) is 5.74. The molecule has 2 aliphatic rings. The van der Waals surface area contributed by atoms with Crippen LogP contribution in [0.5, 0.6) is 0 Å². The van der Waals surface area contributed by atoms with Crippen LogP contribution in [-0.4, -0.2) is 47.0 Å². The lowest BCUT2D eigenvalue weighted by molar-refractivity contribution is -0.131. The number of rotatable bonds is 4. The lowest BCUT2D eigenvalue weighted by Crippen LogP contribution is -2.49. The second-order valence-electron chi connectivity index (χ2n) is 11.6. The van der Waals surface area contributed by atoms with Crippen molar-refractivity contribution in [2.75, 3.05) is 31.1 Å². The van der Waals surface area contributed by atoms with Crippen molar-refractivity contribution in [1.29, 1.82) is 0 Å². The average molecular weight is 507 g/mol. The van der Waals surface area contributed by atoms with Gasteiger partial charge in [0.2, 0.25) is 5.91 Å². The minimum absolute atomic E-state index is 0.0451. The first-order valence-electron chi connectivity index (χ1n) is 13.2. The Labute approximate surface area is 217 Å². The summed E-state index contributed by atoms with van der Waals surface area (Å²) in [5.74, 6) is 1.39. The van der Waals surface area contributed by atoms with Crippen LogP contribution in [0.4, 0.5) is 5.69 Å². The van der Waals surface area contributed by atoms with Gasteiger partial charge in [0, 0.05) is 49.6 Å². The lowest BCUT2D eigenvalue weighted by Gasteiger charge is -2.37. The van der Waals surface area contributed by atoms with Gasteiger partial charge in [0.15, 0.2) is 0 Å². The van der Waals surface area contributed by atoms with E-state index < -0.39 is 0 Å². The number of aromatic nitrogens is 2. The Morgan fingerprint density at radius 1 is 1.17 bits per heavy atom. The van der Waals surface area contributed by atoms with Gasteiger partial charge >= 0.3 is 0 Å².